The summed E-state index contributed by atoms with van der Waals surface area (Å²) in [5.41, 5.74) is 6.95. The van der Waals surface area contributed by atoms with E-state index >= 15 is 0 Å². The van der Waals surface area contributed by atoms with Gasteiger partial charge in [-0.3, -0.25) is 4.90 Å². The molecule has 3 aromatic rings. The Labute approximate surface area is 177 Å². The number of nitrogens with zero attached hydrogens (tertiary/aromatic N) is 1. The molecule has 4 heteroatoms. The quantitative estimate of drug-likeness (QED) is 0.576. The van der Waals surface area contributed by atoms with Crippen LogP contribution < -0.4 is 0 Å². The number of carbonyl (C=O) groups is 1. The van der Waals surface area contributed by atoms with Gasteiger partial charge in [0.05, 0.1) is 5.56 Å². The molecule has 1 unspecified atom stereocenters. The van der Waals surface area contributed by atoms with Crippen molar-refractivity contribution < 1.29 is 9.90 Å². The molecule has 1 saturated heterocycles. The average molecular weight is 403 g/mol. The van der Waals surface area contributed by atoms with Crippen molar-refractivity contribution in [2.75, 3.05) is 6.54 Å². The van der Waals surface area contributed by atoms with Gasteiger partial charge in [-0.25, -0.2) is 4.79 Å². The summed E-state index contributed by atoms with van der Waals surface area (Å²) in [7, 11) is 0. The van der Waals surface area contributed by atoms with E-state index in [1.807, 2.05) is 18.3 Å². The number of nitrogens with one attached hydrogen (secondary N) is 1. The number of fused-ring (bicyclic) bond motifs is 2. The molecule has 2 heterocycles. The van der Waals surface area contributed by atoms with Crippen molar-refractivity contribution in [2.45, 2.75) is 52.1 Å². The fourth-order valence-corrected chi connectivity index (χ4v) is 6.06. The molecule has 30 heavy (non-hydrogen) atoms. The molecule has 2 N–H and O–H groups in total. The van der Waals surface area contributed by atoms with Crippen LogP contribution in [-0.2, 0) is 6.54 Å². The van der Waals surface area contributed by atoms with Gasteiger partial charge in [0.15, 0.2) is 0 Å². The molecule has 0 amide bonds. The number of benzene rings is 2. The summed E-state index contributed by atoms with van der Waals surface area (Å²) in [5, 5.41) is 10.6. The van der Waals surface area contributed by atoms with Gasteiger partial charge < -0.3 is 10.1 Å². The van der Waals surface area contributed by atoms with E-state index in [1.165, 1.54) is 58.8 Å². The molecule has 0 spiro atoms. The molecule has 1 saturated carbocycles. The smallest absolute Gasteiger partial charge is 0.335 e. The number of hydrogen-bond donors (Lipinski definition) is 2. The van der Waals surface area contributed by atoms with Gasteiger partial charge in [0, 0.05) is 36.2 Å². The number of likely N-dealkylation sites (tertiary alicyclic amines) is 1. The van der Waals surface area contributed by atoms with Crippen LogP contribution in [0.4, 0.5) is 0 Å². The summed E-state index contributed by atoms with van der Waals surface area (Å²) < 4.78 is 0. The van der Waals surface area contributed by atoms with Gasteiger partial charge in [0.2, 0.25) is 0 Å². The summed E-state index contributed by atoms with van der Waals surface area (Å²) in [5.74, 6) is 0.558. The van der Waals surface area contributed by atoms with Crippen LogP contribution in [-0.4, -0.2) is 27.5 Å². The van der Waals surface area contributed by atoms with Gasteiger partial charge in [-0.15, -0.1) is 0 Å². The molecule has 1 aliphatic heterocycles. The number of aryl methyl sites for hydroxylation is 2. The van der Waals surface area contributed by atoms with E-state index < -0.39 is 5.97 Å². The predicted octanol–water partition coefficient (Wildman–Crippen LogP) is 5.85. The Bertz CT molecular complexity index is 1080. The van der Waals surface area contributed by atoms with Crippen LogP contribution in [0.1, 0.15) is 64.3 Å². The van der Waals surface area contributed by atoms with Gasteiger partial charge in [-0.05, 0) is 79.0 Å². The average Bonchev–Trinajstić information content (AvgIpc) is 3.36. The molecular weight excluding hydrogens is 372 g/mol. The summed E-state index contributed by atoms with van der Waals surface area (Å²) in [6.45, 7) is 6.48. The molecule has 2 aromatic carbocycles. The predicted molar refractivity (Wildman–Crippen MR) is 120 cm³/mol. The van der Waals surface area contributed by atoms with Crippen molar-refractivity contribution in [3.05, 3.63) is 70.4 Å². The number of aromatic nitrogens is 1. The molecule has 5 rings (SSSR count). The number of hydrogen-bond acceptors (Lipinski definition) is 2. The van der Waals surface area contributed by atoms with Crippen LogP contribution in [0, 0.1) is 25.7 Å². The zero-order valence-electron chi connectivity index (χ0n) is 17.8. The first-order valence-corrected chi connectivity index (χ1v) is 11.2. The van der Waals surface area contributed by atoms with Gasteiger partial charge in [0.25, 0.3) is 0 Å². The summed E-state index contributed by atoms with van der Waals surface area (Å²) in [6, 6.07) is 12.5. The van der Waals surface area contributed by atoms with Crippen molar-refractivity contribution in [1.82, 2.24) is 9.88 Å². The largest absolute Gasteiger partial charge is 0.478 e. The highest BCUT2D eigenvalue weighted by Crippen LogP contribution is 2.48. The molecule has 156 valence electrons. The molecule has 4 nitrogen and oxygen atoms in total. The molecule has 1 aromatic heterocycles. The highest BCUT2D eigenvalue weighted by Gasteiger charge is 2.43. The number of carboxylic acids is 1. The second-order valence-corrected chi connectivity index (χ2v) is 9.27. The highest BCUT2D eigenvalue weighted by atomic mass is 16.4. The summed E-state index contributed by atoms with van der Waals surface area (Å²) in [4.78, 5) is 17.4. The zero-order chi connectivity index (χ0) is 20.8. The molecule has 2 fully saturated rings. The third-order valence-electron chi connectivity index (χ3n) is 7.47. The van der Waals surface area contributed by atoms with Crippen molar-refractivity contribution >= 4 is 16.9 Å². The maximum atomic E-state index is 11.3. The van der Waals surface area contributed by atoms with Crippen molar-refractivity contribution in [3.8, 4) is 0 Å². The fourth-order valence-electron chi connectivity index (χ4n) is 6.06. The second kappa shape index (κ2) is 7.59. The first kappa shape index (κ1) is 19.4. The first-order valence-electron chi connectivity index (χ1n) is 11.2. The zero-order valence-corrected chi connectivity index (χ0v) is 17.8. The highest BCUT2D eigenvalue weighted by molar-refractivity contribution is 5.88. The van der Waals surface area contributed by atoms with E-state index in [0.717, 1.165) is 19.0 Å². The van der Waals surface area contributed by atoms with Crippen LogP contribution in [0.25, 0.3) is 10.9 Å². The molecule has 2 aliphatic rings. The lowest BCUT2D eigenvalue weighted by Crippen LogP contribution is -2.26. The normalized spacial score (nSPS) is 24.3. The minimum absolute atomic E-state index is 0.368. The minimum atomic E-state index is -0.856. The van der Waals surface area contributed by atoms with Crippen LogP contribution in [0.15, 0.2) is 42.6 Å². The Morgan fingerprint density at radius 3 is 2.63 bits per heavy atom. The number of carboxylic acid groups (broad SMARTS) is 1. The Morgan fingerprint density at radius 1 is 1.10 bits per heavy atom. The van der Waals surface area contributed by atoms with E-state index in [4.69, 9.17) is 0 Å². The van der Waals surface area contributed by atoms with Crippen molar-refractivity contribution in [2.24, 2.45) is 11.8 Å². The third-order valence-corrected chi connectivity index (χ3v) is 7.47. The fraction of sp³-hybridized carbons (Fsp3) is 0.423. The monoisotopic (exact) mass is 402 g/mol. The molecule has 0 bridgehead atoms. The van der Waals surface area contributed by atoms with Crippen LogP contribution in [0.5, 0.6) is 0 Å². The minimum Gasteiger partial charge on any atom is -0.478 e. The van der Waals surface area contributed by atoms with Crippen LogP contribution >= 0.6 is 0 Å². The van der Waals surface area contributed by atoms with Gasteiger partial charge in [-0.2, -0.15) is 0 Å². The van der Waals surface area contributed by atoms with E-state index in [9.17, 15) is 9.90 Å². The van der Waals surface area contributed by atoms with Crippen LogP contribution in [0.2, 0.25) is 0 Å². The number of aromatic carboxylic acids is 1. The lowest BCUT2D eigenvalue weighted by Gasteiger charge is -2.31. The first-order chi connectivity index (χ1) is 14.5. The van der Waals surface area contributed by atoms with Crippen molar-refractivity contribution in [1.29, 1.82) is 0 Å². The standard InChI is InChI=1S/C26H30N2O2/c1-16-13-17(2)24-22(11-12-27-24)23(16)15-28-14-20-5-3-4-6-21(20)25(28)18-7-9-19(10-8-18)26(29)30/h7-13,20-21,25,27H,3-6,14-15H2,1-2H3,(H,29,30)/t20-,21-,25?/m0/s1. The SMILES string of the molecule is Cc1cc(C)c2[nH]ccc2c1CN1C[C@@H]2CCCC[C@@H]2C1c1ccc(C(=O)O)cc1. The van der Waals surface area contributed by atoms with Gasteiger partial charge in [-0.1, -0.05) is 31.0 Å². The Morgan fingerprint density at radius 2 is 1.87 bits per heavy atom. The number of H-pyrrole nitrogens is 1. The number of rotatable bonds is 4. The van der Waals surface area contributed by atoms with E-state index in [2.05, 4.69) is 35.9 Å². The lowest BCUT2D eigenvalue weighted by atomic mass is 9.77. The Kier molecular flexibility index (Phi) is 4.90. The topological polar surface area (TPSA) is 56.3 Å². The van der Waals surface area contributed by atoms with Crippen molar-refractivity contribution in [3.63, 3.8) is 0 Å². The maximum Gasteiger partial charge on any atom is 0.335 e. The summed E-state index contributed by atoms with van der Waals surface area (Å²) >= 11 is 0. The van der Waals surface area contributed by atoms with E-state index in [1.54, 1.807) is 12.1 Å². The molecule has 3 atom stereocenters. The lowest BCUT2D eigenvalue weighted by molar-refractivity contribution is 0.0697. The second-order valence-electron chi connectivity index (χ2n) is 9.27. The molecule has 0 radical (unpaired) electrons. The third kappa shape index (κ3) is 3.24. The van der Waals surface area contributed by atoms with Gasteiger partial charge in [0.1, 0.15) is 0 Å². The Hall–Kier alpha value is -2.59. The van der Waals surface area contributed by atoms with E-state index in [0.29, 0.717) is 17.5 Å². The molecule has 1 aliphatic carbocycles. The number of aromatic amines is 1. The maximum absolute atomic E-state index is 11.3. The van der Waals surface area contributed by atoms with Gasteiger partial charge >= 0.3 is 5.97 Å². The molecular formula is C26H30N2O2. The van der Waals surface area contributed by atoms with Crippen LogP contribution in [0.3, 0.4) is 0 Å². The summed E-state index contributed by atoms with van der Waals surface area (Å²) in [6.07, 6.45) is 7.29. The Balaban J connectivity index is 1.53. The van der Waals surface area contributed by atoms with E-state index in [-0.39, 0.29) is 0 Å².